The fourth-order valence-electron chi connectivity index (χ4n) is 1.81. The number of carbonyl (C=O) groups excluding carboxylic acids is 1. The average Bonchev–Trinajstić information content (AvgIpc) is 2.49. The van der Waals surface area contributed by atoms with Gasteiger partial charge in [0.15, 0.2) is 5.82 Å². The summed E-state index contributed by atoms with van der Waals surface area (Å²) in [5, 5.41) is 11.6. The first-order valence-electron chi connectivity index (χ1n) is 6.27. The van der Waals surface area contributed by atoms with Crippen LogP contribution in [0.5, 0.6) is 0 Å². The largest absolute Gasteiger partial charge is 0.396 e. The smallest absolute Gasteiger partial charge is 0.259 e. The van der Waals surface area contributed by atoms with E-state index in [9.17, 15) is 4.79 Å². The van der Waals surface area contributed by atoms with Gasteiger partial charge in [-0.25, -0.2) is 10.8 Å². The van der Waals surface area contributed by atoms with E-state index in [1.165, 1.54) is 0 Å². The molecule has 0 saturated heterocycles. The van der Waals surface area contributed by atoms with Crippen molar-refractivity contribution < 1.29 is 9.90 Å². The number of amides is 1. The van der Waals surface area contributed by atoms with Crippen LogP contribution >= 0.6 is 15.9 Å². The molecule has 0 fully saturated rings. The summed E-state index contributed by atoms with van der Waals surface area (Å²) in [6, 6.07) is 8.91. The van der Waals surface area contributed by atoms with Gasteiger partial charge >= 0.3 is 0 Å². The summed E-state index contributed by atoms with van der Waals surface area (Å²) < 4.78 is 0.685. The molecule has 110 valence electrons. The van der Waals surface area contributed by atoms with E-state index < -0.39 is 0 Å². The Kier molecular flexibility index (Phi) is 5.26. The zero-order valence-corrected chi connectivity index (χ0v) is 12.7. The lowest BCUT2D eigenvalue weighted by Crippen LogP contribution is -2.18. The van der Waals surface area contributed by atoms with Crippen molar-refractivity contribution in [3.05, 3.63) is 52.1 Å². The molecule has 5 N–H and O–H groups in total. The number of carbonyl (C=O) groups is 1. The van der Waals surface area contributed by atoms with Crippen molar-refractivity contribution in [3.8, 4) is 0 Å². The molecule has 1 aromatic heterocycles. The molecular weight excluding hydrogens is 336 g/mol. The van der Waals surface area contributed by atoms with E-state index in [-0.39, 0.29) is 12.5 Å². The highest BCUT2D eigenvalue weighted by atomic mass is 79.9. The molecule has 0 radical (unpaired) electrons. The molecule has 0 aliphatic heterocycles. The van der Waals surface area contributed by atoms with E-state index in [1.807, 2.05) is 12.1 Å². The Bertz CT molecular complexity index is 631. The van der Waals surface area contributed by atoms with Gasteiger partial charge in [0.2, 0.25) is 0 Å². The highest BCUT2D eigenvalue weighted by Gasteiger charge is 2.13. The predicted octanol–water partition coefficient (Wildman–Crippen LogP) is 1.92. The van der Waals surface area contributed by atoms with Gasteiger partial charge in [0, 0.05) is 23.0 Å². The third-order valence-corrected chi connectivity index (χ3v) is 3.28. The first-order valence-corrected chi connectivity index (χ1v) is 7.06. The molecule has 0 bridgehead atoms. The Balaban J connectivity index is 2.15. The highest BCUT2D eigenvalue weighted by Crippen LogP contribution is 2.19. The van der Waals surface area contributed by atoms with E-state index in [0.717, 1.165) is 5.56 Å². The second-order valence-corrected chi connectivity index (χ2v) is 5.23. The van der Waals surface area contributed by atoms with Crippen LogP contribution in [0.15, 0.2) is 41.0 Å². The van der Waals surface area contributed by atoms with Gasteiger partial charge in [-0.15, -0.1) is 0 Å². The third-order valence-electron chi connectivity index (χ3n) is 2.85. The fraction of sp³-hybridized carbons (Fsp3) is 0.143. The minimum Gasteiger partial charge on any atom is -0.396 e. The molecule has 0 spiro atoms. The Morgan fingerprint density at radius 3 is 2.67 bits per heavy atom. The number of anilines is 2. The average molecular weight is 351 g/mol. The first-order chi connectivity index (χ1) is 10.1. The van der Waals surface area contributed by atoms with Crippen LogP contribution in [0.2, 0.25) is 0 Å². The Labute approximate surface area is 130 Å². The standard InChI is InChI=1S/C14H15BrN4O2/c15-10-7-12(13(19-16)17-8-10)14(21)18-11-3-1-9(2-4-11)5-6-20/h1-4,7-8,20H,5-6,16H2,(H,17,19)(H,18,21). The number of aromatic nitrogens is 1. The summed E-state index contributed by atoms with van der Waals surface area (Å²) in [4.78, 5) is 16.3. The van der Waals surface area contributed by atoms with Crippen molar-refractivity contribution in [2.24, 2.45) is 5.84 Å². The number of rotatable bonds is 5. The van der Waals surface area contributed by atoms with Gasteiger partial charge in [-0.1, -0.05) is 12.1 Å². The topological polar surface area (TPSA) is 100 Å². The predicted molar refractivity (Wildman–Crippen MR) is 84.9 cm³/mol. The molecule has 1 heterocycles. The van der Waals surface area contributed by atoms with Crippen molar-refractivity contribution in [1.82, 2.24) is 4.98 Å². The minimum atomic E-state index is -0.313. The summed E-state index contributed by atoms with van der Waals surface area (Å²) in [5.41, 5.74) is 4.39. The van der Waals surface area contributed by atoms with Gasteiger partial charge in [0.25, 0.3) is 5.91 Å². The summed E-state index contributed by atoms with van der Waals surface area (Å²) >= 11 is 3.27. The number of hydrazine groups is 1. The maximum absolute atomic E-state index is 12.2. The van der Waals surface area contributed by atoms with Gasteiger partial charge in [0.1, 0.15) is 0 Å². The third kappa shape index (κ3) is 4.01. The number of nitrogens with zero attached hydrogens (tertiary/aromatic N) is 1. The maximum Gasteiger partial charge on any atom is 0.259 e. The summed E-state index contributed by atoms with van der Waals surface area (Å²) in [6.45, 7) is 0.0982. The van der Waals surface area contributed by atoms with Crippen LogP contribution in [-0.4, -0.2) is 22.6 Å². The fourth-order valence-corrected chi connectivity index (χ4v) is 2.14. The van der Waals surface area contributed by atoms with E-state index in [1.54, 1.807) is 24.4 Å². The van der Waals surface area contributed by atoms with Gasteiger partial charge in [-0.05, 0) is 46.1 Å². The lowest BCUT2D eigenvalue weighted by molar-refractivity contribution is 0.102. The molecule has 6 nitrogen and oxygen atoms in total. The molecule has 2 aromatic rings. The molecule has 0 aliphatic rings. The Morgan fingerprint density at radius 2 is 2.05 bits per heavy atom. The number of nitrogens with one attached hydrogen (secondary N) is 2. The molecule has 0 saturated carbocycles. The lowest BCUT2D eigenvalue weighted by Gasteiger charge is -2.10. The molecule has 7 heteroatoms. The number of aliphatic hydroxyl groups is 1. The molecule has 0 atom stereocenters. The van der Waals surface area contributed by atoms with E-state index >= 15 is 0 Å². The van der Waals surface area contributed by atoms with Crippen LogP contribution in [-0.2, 0) is 6.42 Å². The minimum absolute atomic E-state index is 0.0982. The van der Waals surface area contributed by atoms with Gasteiger partial charge < -0.3 is 15.8 Å². The number of benzene rings is 1. The number of nitrogen functional groups attached to an aromatic ring is 1. The number of aliphatic hydroxyl groups excluding tert-OH is 1. The number of hydrogen-bond donors (Lipinski definition) is 4. The highest BCUT2D eigenvalue weighted by molar-refractivity contribution is 9.10. The summed E-state index contributed by atoms with van der Waals surface area (Å²) in [6.07, 6.45) is 2.14. The Hall–Kier alpha value is -1.96. The van der Waals surface area contributed by atoms with Crippen LogP contribution in [0.4, 0.5) is 11.5 Å². The first kappa shape index (κ1) is 15.4. The van der Waals surface area contributed by atoms with Gasteiger partial charge in [-0.3, -0.25) is 4.79 Å². The molecule has 0 aliphatic carbocycles. The summed E-state index contributed by atoms with van der Waals surface area (Å²) in [5.74, 6) is 5.34. The van der Waals surface area contributed by atoms with Crippen molar-refractivity contribution in [2.75, 3.05) is 17.3 Å². The molecule has 1 aromatic carbocycles. The van der Waals surface area contributed by atoms with Crippen LogP contribution in [0.25, 0.3) is 0 Å². The maximum atomic E-state index is 12.2. The van der Waals surface area contributed by atoms with Crippen molar-refractivity contribution >= 4 is 33.3 Å². The van der Waals surface area contributed by atoms with Crippen LogP contribution in [0.1, 0.15) is 15.9 Å². The molecule has 0 unspecified atom stereocenters. The zero-order valence-electron chi connectivity index (χ0n) is 11.1. The second-order valence-electron chi connectivity index (χ2n) is 4.32. The van der Waals surface area contributed by atoms with E-state index in [0.29, 0.717) is 28.0 Å². The van der Waals surface area contributed by atoms with Crippen LogP contribution in [0, 0.1) is 0 Å². The van der Waals surface area contributed by atoms with Crippen molar-refractivity contribution in [1.29, 1.82) is 0 Å². The molecule has 1 amide bonds. The molecular formula is C14H15BrN4O2. The molecule has 21 heavy (non-hydrogen) atoms. The number of halogens is 1. The second kappa shape index (κ2) is 7.16. The van der Waals surface area contributed by atoms with Crippen LogP contribution < -0.4 is 16.6 Å². The SMILES string of the molecule is NNc1ncc(Br)cc1C(=O)Nc1ccc(CCO)cc1. The van der Waals surface area contributed by atoms with Gasteiger partial charge in [-0.2, -0.15) is 0 Å². The number of pyridine rings is 1. The van der Waals surface area contributed by atoms with E-state index in [2.05, 4.69) is 31.7 Å². The Morgan fingerprint density at radius 1 is 1.33 bits per heavy atom. The number of hydrogen-bond acceptors (Lipinski definition) is 5. The van der Waals surface area contributed by atoms with Crippen LogP contribution in [0.3, 0.4) is 0 Å². The molecule has 2 rings (SSSR count). The normalized spacial score (nSPS) is 10.2. The van der Waals surface area contributed by atoms with Crippen molar-refractivity contribution in [3.63, 3.8) is 0 Å². The monoisotopic (exact) mass is 350 g/mol. The lowest BCUT2D eigenvalue weighted by atomic mass is 10.1. The van der Waals surface area contributed by atoms with Gasteiger partial charge in [0.05, 0.1) is 5.56 Å². The van der Waals surface area contributed by atoms with E-state index in [4.69, 9.17) is 10.9 Å². The summed E-state index contributed by atoms with van der Waals surface area (Å²) in [7, 11) is 0. The number of nitrogens with two attached hydrogens (primary N) is 1. The zero-order chi connectivity index (χ0) is 15.2. The quantitative estimate of drug-likeness (QED) is 0.487. The van der Waals surface area contributed by atoms with Crippen molar-refractivity contribution in [2.45, 2.75) is 6.42 Å².